The molecule has 0 saturated carbocycles. The minimum Gasteiger partial charge on any atom is -0.497 e. The number of amides is 1. The highest BCUT2D eigenvalue weighted by atomic mass is 16.5. The molecule has 9 heteroatoms. The standard InChI is InChI=1S/C33H39N3O6/c1-24-33(19-7-11-25-9-5-4-6-10-25,35-31(42-24)26-12-14-28(15-13-26)41-22-8-21-37)32(38)36-34-20-18-27-23-29(39-2)16-17-30(27)40-3/h4-7,9-17,23-24,34,37H,8,18-22H2,1-3H3,(H,36,38)/b11-7+/t24-,33-/m0/s1. The van der Waals surface area contributed by atoms with E-state index in [2.05, 4.69) is 10.9 Å². The highest BCUT2D eigenvalue weighted by Gasteiger charge is 2.49. The van der Waals surface area contributed by atoms with Crippen molar-refractivity contribution in [3.8, 4) is 17.2 Å². The molecule has 3 N–H and O–H groups in total. The zero-order chi connectivity index (χ0) is 29.8. The summed E-state index contributed by atoms with van der Waals surface area (Å²) in [6.07, 6.45) is 4.93. The van der Waals surface area contributed by atoms with Crippen molar-refractivity contribution in [3.63, 3.8) is 0 Å². The molecule has 0 saturated heterocycles. The van der Waals surface area contributed by atoms with E-state index in [9.17, 15) is 4.79 Å². The molecule has 4 rings (SSSR count). The fraction of sp³-hybridized carbons (Fsp3) is 0.333. The molecular weight excluding hydrogens is 534 g/mol. The van der Waals surface area contributed by atoms with Gasteiger partial charge < -0.3 is 24.1 Å². The third-order valence-electron chi connectivity index (χ3n) is 7.08. The number of nitrogens with one attached hydrogen (secondary N) is 2. The number of hydrogen-bond donors (Lipinski definition) is 3. The smallest absolute Gasteiger partial charge is 0.266 e. The lowest BCUT2D eigenvalue weighted by Crippen LogP contribution is -2.54. The Morgan fingerprint density at radius 1 is 1.05 bits per heavy atom. The maximum absolute atomic E-state index is 13.8. The monoisotopic (exact) mass is 573 g/mol. The van der Waals surface area contributed by atoms with Gasteiger partial charge in [0.25, 0.3) is 5.91 Å². The molecule has 0 unspecified atom stereocenters. The summed E-state index contributed by atoms with van der Waals surface area (Å²) in [4.78, 5) is 18.6. The Bertz CT molecular complexity index is 1360. The van der Waals surface area contributed by atoms with Crippen molar-refractivity contribution in [1.82, 2.24) is 10.9 Å². The Hall–Kier alpha value is -4.34. The van der Waals surface area contributed by atoms with Crippen molar-refractivity contribution < 1.29 is 28.8 Å². The Morgan fingerprint density at radius 2 is 1.81 bits per heavy atom. The average molecular weight is 574 g/mol. The van der Waals surface area contributed by atoms with E-state index in [-0.39, 0.29) is 12.5 Å². The van der Waals surface area contributed by atoms with Crippen LogP contribution < -0.4 is 25.1 Å². The number of carbonyl (C=O) groups excluding carboxylic acids is 1. The first kappa shape index (κ1) is 30.6. The predicted molar refractivity (Wildman–Crippen MR) is 163 cm³/mol. The number of aliphatic hydroxyl groups is 1. The second kappa shape index (κ2) is 15.0. The number of aliphatic hydroxyl groups excluding tert-OH is 1. The van der Waals surface area contributed by atoms with E-state index in [1.807, 2.05) is 91.9 Å². The van der Waals surface area contributed by atoms with Crippen molar-refractivity contribution in [2.24, 2.45) is 4.99 Å². The zero-order valence-electron chi connectivity index (χ0n) is 24.3. The molecule has 0 aliphatic carbocycles. The van der Waals surface area contributed by atoms with E-state index in [1.165, 1.54) is 0 Å². The van der Waals surface area contributed by atoms with Crippen LogP contribution in [-0.4, -0.2) is 62.5 Å². The van der Waals surface area contributed by atoms with Gasteiger partial charge in [0, 0.05) is 31.6 Å². The van der Waals surface area contributed by atoms with Crippen LogP contribution in [0.15, 0.2) is 83.9 Å². The third kappa shape index (κ3) is 7.69. The summed E-state index contributed by atoms with van der Waals surface area (Å²) < 4.78 is 22.6. The Morgan fingerprint density at radius 3 is 2.52 bits per heavy atom. The summed E-state index contributed by atoms with van der Waals surface area (Å²) in [5, 5.41) is 8.97. The lowest BCUT2D eigenvalue weighted by molar-refractivity contribution is -0.129. The largest absolute Gasteiger partial charge is 0.497 e. The second-order valence-corrected chi connectivity index (χ2v) is 9.88. The van der Waals surface area contributed by atoms with Gasteiger partial charge in [-0.05, 0) is 66.9 Å². The number of hydrazine groups is 1. The third-order valence-corrected chi connectivity index (χ3v) is 7.08. The highest BCUT2D eigenvalue weighted by Crippen LogP contribution is 2.33. The number of carbonyl (C=O) groups is 1. The predicted octanol–water partition coefficient (Wildman–Crippen LogP) is 4.34. The number of ether oxygens (including phenoxy) is 4. The van der Waals surface area contributed by atoms with Crippen LogP contribution in [0.25, 0.3) is 6.08 Å². The average Bonchev–Trinajstić information content (AvgIpc) is 3.36. The molecule has 0 spiro atoms. The molecule has 3 aromatic carbocycles. The molecule has 0 bridgehead atoms. The molecule has 0 radical (unpaired) electrons. The summed E-state index contributed by atoms with van der Waals surface area (Å²) in [6, 6.07) is 22.9. The molecule has 222 valence electrons. The topological polar surface area (TPSA) is 111 Å². The minimum absolute atomic E-state index is 0.0769. The lowest BCUT2D eigenvalue weighted by atomic mass is 9.89. The molecule has 1 amide bonds. The number of hydrogen-bond acceptors (Lipinski definition) is 8. The van der Waals surface area contributed by atoms with Crippen molar-refractivity contribution in [1.29, 1.82) is 0 Å². The van der Waals surface area contributed by atoms with Crippen LogP contribution in [-0.2, 0) is 16.0 Å². The van der Waals surface area contributed by atoms with E-state index < -0.39 is 11.6 Å². The molecule has 0 fully saturated rings. The van der Waals surface area contributed by atoms with Gasteiger partial charge in [0.2, 0.25) is 5.90 Å². The SMILES string of the molecule is COc1ccc(OC)c(CCNNC(=O)[C@@]2(C/C=C/c3ccccc3)N=C(c3ccc(OCCCO)cc3)O[C@H]2C)c1. The van der Waals surface area contributed by atoms with Crippen LogP contribution in [0.5, 0.6) is 17.2 Å². The summed E-state index contributed by atoms with van der Waals surface area (Å²) in [6.45, 7) is 2.83. The quantitative estimate of drug-likeness (QED) is 0.183. The van der Waals surface area contributed by atoms with Crippen LogP contribution in [0.3, 0.4) is 0 Å². The molecular formula is C33H39N3O6. The van der Waals surface area contributed by atoms with Gasteiger partial charge in [-0.3, -0.25) is 10.2 Å². The van der Waals surface area contributed by atoms with Crippen LogP contribution >= 0.6 is 0 Å². The number of methoxy groups -OCH3 is 2. The van der Waals surface area contributed by atoms with Gasteiger partial charge in [-0.25, -0.2) is 10.4 Å². The van der Waals surface area contributed by atoms with Crippen molar-refractivity contribution in [3.05, 3.63) is 95.6 Å². The maximum Gasteiger partial charge on any atom is 0.266 e. The number of benzene rings is 3. The van der Waals surface area contributed by atoms with Crippen LogP contribution in [0.1, 0.15) is 36.5 Å². The van der Waals surface area contributed by atoms with Crippen molar-refractivity contribution in [2.45, 2.75) is 37.8 Å². The second-order valence-electron chi connectivity index (χ2n) is 9.88. The number of rotatable bonds is 15. The Kier molecular flexibility index (Phi) is 11.0. The summed E-state index contributed by atoms with van der Waals surface area (Å²) in [5.41, 5.74) is 7.48. The maximum atomic E-state index is 13.8. The van der Waals surface area contributed by atoms with Crippen LogP contribution in [0.2, 0.25) is 0 Å². The van der Waals surface area contributed by atoms with Gasteiger partial charge in [-0.2, -0.15) is 0 Å². The summed E-state index contributed by atoms with van der Waals surface area (Å²) in [7, 11) is 3.25. The van der Waals surface area contributed by atoms with Gasteiger partial charge >= 0.3 is 0 Å². The van der Waals surface area contributed by atoms with E-state index in [0.29, 0.717) is 44.1 Å². The zero-order valence-corrected chi connectivity index (χ0v) is 24.3. The molecule has 1 aliphatic heterocycles. The molecule has 42 heavy (non-hydrogen) atoms. The minimum atomic E-state index is -1.18. The normalized spacial score (nSPS) is 17.9. The first-order valence-electron chi connectivity index (χ1n) is 14.1. The lowest BCUT2D eigenvalue weighted by Gasteiger charge is -2.27. The highest BCUT2D eigenvalue weighted by molar-refractivity contribution is 6.00. The van der Waals surface area contributed by atoms with E-state index >= 15 is 0 Å². The molecule has 1 aliphatic rings. The summed E-state index contributed by atoms with van der Waals surface area (Å²) in [5.74, 6) is 2.29. The van der Waals surface area contributed by atoms with Gasteiger partial charge in [-0.15, -0.1) is 0 Å². The number of nitrogens with zero attached hydrogens (tertiary/aromatic N) is 1. The van der Waals surface area contributed by atoms with E-state index in [0.717, 1.165) is 28.2 Å². The van der Waals surface area contributed by atoms with Gasteiger partial charge in [0.05, 0.1) is 20.8 Å². The van der Waals surface area contributed by atoms with Gasteiger partial charge in [0.1, 0.15) is 23.4 Å². The fourth-order valence-electron chi connectivity index (χ4n) is 4.65. The van der Waals surface area contributed by atoms with E-state index in [1.54, 1.807) is 14.2 Å². The summed E-state index contributed by atoms with van der Waals surface area (Å²) >= 11 is 0. The fourth-order valence-corrected chi connectivity index (χ4v) is 4.65. The van der Waals surface area contributed by atoms with Crippen molar-refractivity contribution in [2.75, 3.05) is 34.0 Å². The van der Waals surface area contributed by atoms with Gasteiger partial charge in [-0.1, -0.05) is 42.5 Å². The molecule has 2 atom stereocenters. The Labute approximate surface area is 247 Å². The Balaban J connectivity index is 1.49. The first-order valence-corrected chi connectivity index (χ1v) is 14.1. The van der Waals surface area contributed by atoms with Crippen molar-refractivity contribution >= 4 is 17.9 Å². The molecule has 9 nitrogen and oxygen atoms in total. The molecule has 0 aromatic heterocycles. The molecule has 3 aromatic rings. The molecule has 1 heterocycles. The first-order chi connectivity index (χ1) is 20.5. The van der Waals surface area contributed by atoms with Crippen LogP contribution in [0, 0.1) is 0 Å². The number of aliphatic imine (C=N–C) groups is 1. The van der Waals surface area contributed by atoms with Crippen LogP contribution in [0.4, 0.5) is 0 Å². The van der Waals surface area contributed by atoms with Gasteiger partial charge in [0.15, 0.2) is 5.54 Å². The van der Waals surface area contributed by atoms with E-state index in [4.69, 9.17) is 29.0 Å².